The number of aliphatic imine (C=N–C) groups is 1. The van der Waals surface area contributed by atoms with Crippen LogP contribution in [-0.4, -0.2) is 43.0 Å². The molecule has 1 aliphatic rings. The Bertz CT molecular complexity index is 1720. The van der Waals surface area contributed by atoms with E-state index in [1.807, 2.05) is 60.7 Å². The van der Waals surface area contributed by atoms with Crippen LogP contribution in [0.2, 0.25) is 0 Å². The van der Waals surface area contributed by atoms with Gasteiger partial charge in [0, 0.05) is 17.9 Å². The second-order valence-electron chi connectivity index (χ2n) is 9.39. The Hall–Kier alpha value is -4.03. The van der Waals surface area contributed by atoms with Gasteiger partial charge in [-0.1, -0.05) is 54.6 Å². The molecule has 1 aliphatic heterocycles. The van der Waals surface area contributed by atoms with Crippen LogP contribution in [0.3, 0.4) is 0 Å². The molecule has 1 unspecified atom stereocenters. The number of methoxy groups -OCH3 is 1. The summed E-state index contributed by atoms with van der Waals surface area (Å²) in [6.07, 6.45) is 2.19. The van der Waals surface area contributed by atoms with Crippen LogP contribution >= 0.6 is 10.9 Å². The fraction of sp³-hybridized carbons (Fsp3) is 0.138. The van der Waals surface area contributed by atoms with E-state index in [0.717, 1.165) is 34.1 Å². The van der Waals surface area contributed by atoms with Crippen molar-refractivity contribution in [2.24, 2.45) is 10.7 Å². The zero-order chi connectivity index (χ0) is 28.7. The third-order valence-electron chi connectivity index (χ3n) is 6.38. The standard InChI is InChI=1S/C29H28N2O7S2/c1-36-24-16-20(17-25(18-24)38-40(3,34)35)19-7-6-8-22(15-19)29(27-10-5-4-9-26(27)28(30)31-29)21-11-13-23(14-12-21)37-39(2,32)33/h4-18,32-33H,1-3H3,(H2,30,31). The zero-order valence-corrected chi connectivity index (χ0v) is 23.6. The van der Waals surface area contributed by atoms with Crippen LogP contribution in [0.1, 0.15) is 22.3 Å². The predicted molar refractivity (Wildman–Crippen MR) is 157 cm³/mol. The van der Waals surface area contributed by atoms with Gasteiger partial charge in [-0.05, 0) is 58.1 Å². The number of nitrogens with zero attached hydrogens (tertiary/aromatic N) is 1. The summed E-state index contributed by atoms with van der Waals surface area (Å²) in [5.74, 6) is 1.24. The maximum Gasteiger partial charge on any atom is 0.306 e. The van der Waals surface area contributed by atoms with Crippen LogP contribution < -0.4 is 18.8 Å². The molecule has 9 nitrogen and oxygen atoms in total. The topological polar surface area (TPSA) is 141 Å². The summed E-state index contributed by atoms with van der Waals surface area (Å²) in [6.45, 7) is 0. The van der Waals surface area contributed by atoms with Gasteiger partial charge in [0.15, 0.2) is 0 Å². The monoisotopic (exact) mass is 580 g/mol. The lowest BCUT2D eigenvalue weighted by atomic mass is 9.77. The first kappa shape index (κ1) is 27.5. The van der Waals surface area contributed by atoms with Crippen molar-refractivity contribution in [3.63, 3.8) is 0 Å². The SMILES string of the molecule is COc1cc(OS(C)(=O)=O)cc(-c2cccc(C3(c4ccc(OS(C)(O)O)cc4)N=C(N)c4ccccc43)c2)c1. The Morgan fingerprint density at radius 1 is 0.750 bits per heavy atom. The molecule has 0 amide bonds. The summed E-state index contributed by atoms with van der Waals surface area (Å²) >= 11 is 0. The second-order valence-corrected chi connectivity index (χ2v) is 12.7. The number of hydrogen-bond acceptors (Lipinski definition) is 9. The largest absolute Gasteiger partial charge is 0.497 e. The number of benzene rings is 4. The molecule has 208 valence electrons. The van der Waals surface area contributed by atoms with E-state index in [9.17, 15) is 17.5 Å². The van der Waals surface area contributed by atoms with Gasteiger partial charge in [0.1, 0.15) is 39.5 Å². The molecule has 0 aromatic heterocycles. The Balaban J connectivity index is 1.68. The highest BCUT2D eigenvalue weighted by Crippen LogP contribution is 2.47. The normalized spacial score (nSPS) is 17.1. The van der Waals surface area contributed by atoms with Gasteiger partial charge in [-0.2, -0.15) is 8.42 Å². The van der Waals surface area contributed by atoms with Crippen molar-refractivity contribution in [2.75, 3.05) is 19.6 Å². The van der Waals surface area contributed by atoms with Crippen molar-refractivity contribution in [3.05, 3.63) is 113 Å². The molecule has 0 saturated heterocycles. The summed E-state index contributed by atoms with van der Waals surface area (Å²) < 4.78 is 58.9. The highest BCUT2D eigenvalue weighted by molar-refractivity contribution is 8.19. The van der Waals surface area contributed by atoms with Gasteiger partial charge in [0.25, 0.3) is 0 Å². The van der Waals surface area contributed by atoms with E-state index in [2.05, 4.69) is 0 Å². The molecule has 11 heteroatoms. The number of ether oxygens (including phenoxy) is 1. The quantitative estimate of drug-likeness (QED) is 0.236. The van der Waals surface area contributed by atoms with Gasteiger partial charge >= 0.3 is 10.1 Å². The van der Waals surface area contributed by atoms with Gasteiger partial charge in [0.05, 0.1) is 13.4 Å². The van der Waals surface area contributed by atoms with Crippen LogP contribution in [0.25, 0.3) is 11.1 Å². The molecule has 0 saturated carbocycles. The molecule has 4 aromatic rings. The van der Waals surface area contributed by atoms with Crippen LogP contribution in [-0.2, 0) is 15.7 Å². The molecule has 0 fully saturated rings. The number of amidine groups is 1. The molecule has 1 heterocycles. The molecule has 0 radical (unpaired) electrons. The average molecular weight is 581 g/mol. The van der Waals surface area contributed by atoms with E-state index in [4.69, 9.17) is 23.8 Å². The van der Waals surface area contributed by atoms with Crippen LogP contribution in [0.15, 0.2) is 96.0 Å². The van der Waals surface area contributed by atoms with Crippen LogP contribution in [0.5, 0.6) is 17.2 Å². The fourth-order valence-electron chi connectivity index (χ4n) is 4.87. The van der Waals surface area contributed by atoms with Crippen LogP contribution in [0, 0.1) is 0 Å². The van der Waals surface area contributed by atoms with E-state index in [1.54, 1.807) is 24.3 Å². The highest BCUT2D eigenvalue weighted by Gasteiger charge is 2.43. The smallest absolute Gasteiger partial charge is 0.306 e. The fourth-order valence-corrected chi connectivity index (χ4v) is 5.79. The van der Waals surface area contributed by atoms with Gasteiger partial charge in [-0.3, -0.25) is 9.11 Å². The maximum atomic E-state index is 11.8. The van der Waals surface area contributed by atoms with Crippen LogP contribution in [0.4, 0.5) is 0 Å². The van der Waals surface area contributed by atoms with Crippen molar-refractivity contribution in [3.8, 4) is 28.4 Å². The average Bonchev–Trinajstić information content (AvgIpc) is 3.20. The minimum atomic E-state index is -3.75. The van der Waals surface area contributed by atoms with E-state index in [-0.39, 0.29) is 5.75 Å². The van der Waals surface area contributed by atoms with Crippen molar-refractivity contribution < 1.29 is 30.6 Å². The van der Waals surface area contributed by atoms with Crippen molar-refractivity contribution in [1.29, 1.82) is 0 Å². The molecule has 40 heavy (non-hydrogen) atoms. The van der Waals surface area contributed by atoms with Crippen molar-refractivity contribution in [1.82, 2.24) is 0 Å². The van der Waals surface area contributed by atoms with Crippen molar-refractivity contribution in [2.45, 2.75) is 5.54 Å². The summed E-state index contributed by atoms with van der Waals surface area (Å²) in [6, 6.07) is 27.3. The molecule has 4 aromatic carbocycles. The lowest BCUT2D eigenvalue weighted by molar-refractivity contribution is 0.390. The summed E-state index contributed by atoms with van der Waals surface area (Å²) in [4.78, 5) is 5.00. The molecule has 0 spiro atoms. The van der Waals surface area contributed by atoms with E-state index >= 15 is 0 Å². The minimum absolute atomic E-state index is 0.128. The lowest BCUT2D eigenvalue weighted by Gasteiger charge is -2.30. The number of rotatable bonds is 8. The third-order valence-corrected chi connectivity index (χ3v) is 7.39. The molecule has 1 atom stereocenters. The highest BCUT2D eigenvalue weighted by atomic mass is 32.3. The summed E-state index contributed by atoms with van der Waals surface area (Å²) in [5.41, 5.74) is 10.1. The minimum Gasteiger partial charge on any atom is -0.497 e. The zero-order valence-electron chi connectivity index (χ0n) is 21.9. The Morgan fingerprint density at radius 2 is 1.45 bits per heavy atom. The van der Waals surface area contributed by atoms with Gasteiger partial charge < -0.3 is 18.8 Å². The molecular weight excluding hydrogens is 552 g/mol. The van der Waals surface area contributed by atoms with E-state index in [1.165, 1.54) is 19.4 Å². The molecule has 0 bridgehead atoms. The van der Waals surface area contributed by atoms with Gasteiger partial charge in [-0.25, -0.2) is 4.99 Å². The Kier molecular flexibility index (Phi) is 7.01. The Labute approximate surface area is 234 Å². The number of nitrogens with two attached hydrogens (primary N) is 1. The first-order chi connectivity index (χ1) is 18.9. The second kappa shape index (κ2) is 10.2. The first-order valence-electron chi connectivity index (χ1n) is 12.1. The summed E-state index contributed by atoms with van der Waals surface area (Å²) in [5, 5.41) is 0. The van der Waals surface area contributed by atoms with Gasteiger partial charge in [0.2, 0.25) is 0 Å². The summed E-state index contributed by atoms with van der Waals surface area (Å²) in [7, 11) is -5.45. The number of fused-ring (bicyclic) bond motifs is 1. The molecule has 5 rings (SSSR count). The lowest BCUT2D eigenvalue weighted by Crippen LogP contribution is -2.25. The predicted octanol–water partition coefficient (Wildman–Crippen LogP) is 5.39. The molecule has 0 aliphatic carbocycles. The van der Waals surface area contributed by atoms with Gasteiger partial charge in [-0.15, -0.1) is 0 Å². The molecular formula is C29H28N2O7S2. The van der Waals surface area contributed by atoms with E-state index in [0.29, 0.717) is 22.9 Å². The Morgan fingerprint density at radius 3 is 2.12 bits per heavy atom. The third kappa shape index (κ3) is 5.50. The van der Waals surface area contributed by atoms with E-state index < -0.39 is 26.5 Å². The number of hydrogen-bond donors (Lipinski definition) is 3. The maximum absolute atomic E-state index is 11.8. The molecule has 4 N–H and O–H groups in total. The first-order valence-corrected chi connectivity index (χ1v) is 15.8. The van der Waals surface area contributed by atoms with Crippen molar-refractivity contribution >= 4 is 26.8 Å².